The van der Waals surface area contributed by atoms with E-state index in [0.29, 0.717) is 17.4 Å². The Labute approximate surface area is 118 Å². The van der Waals surface area contributed by atoms with E-state index in [1.807, 2.05) is 12.1 Å². The molecule has 1 aromatic heterocycles. The fraction of sp³-hybridized carbons (Fsp3) is 0.533. The number of methoxy groups -OCH3 is 2. The molecule has 1 fully saturated rings. The monoisotopic (exact) mass is 275 g/mol. The third-order valence-corrected chi connectivity index (χ3v) is 3.97. The molecule has 108 valence electrons. The molecule has 1 saturated carbocycles. The zero-order valence-corrected chi connectivity index (χ0v) is 12.1. The minimum atomic E-state index is 0.561. The summed E-state index contributed by atoms with van der Waals surface area (Å²) in [6, 6.07) is 3.83. The summed E-state index contributed by atoms with van der Waals surface area (Å²) in [6.45, 7) is 0.911. The molecule has 1 aliphatic rings. The molecule has 0 aliphatic heterocycles. The predicted octanol–water partition coefficient (Wildman–Crippen LogP) is 2.83. The van der Waals surface area contributed by atoms with E-state index < -0.39 is 0 Å². The van der Waals surface area contributed by atoms with Crippen molar-refractivity contribution in [1.82, 2.24) is 9.55 Å². The fourth-order valence-electron chi connectivity index (χ4n) is 2.65. The maximum absolute atomic E-state index is 6.04. The number of imidazole rings is 1. The lowest BCUT2D eigenvalue weighted by molar-refractivity contribution is 0.355. The largest absolute Gasteiger partial charge is 0.493 e. The van der Waals surface area contributed by atoms with Crippen LogP contribution in [0.4, 0.5) is 5.95 Å². The Morgan fingerprint density at radius 1 is 1.25 bits per heavy atom. The number of hydrogen-bond donors (Lipinski definition) is 1. The van der Waals surface area contributed by atoms with Gasteiger partial charge in [-0.25, -0.2) is 4.98 Å². The summed E-state index contributed by atoms with van der Waals surface area (Å²) >= 11 is 0. The number of nitrogens with zero attached hydrogens (tertiary/aromatic N) is 2. The standard InChI is InChI=1S/C15H21N3O2/c1-19-13-8-11-12(9-14(13)20-2)18(15(16)17-11)7-3-4-10-5-6-10/h8-10H,3-7H2,1-2H3,(H2,16,17). The van der Waals surface area contributed by atoms with E-state index in [4.69, 9.17) is 15.2 Å². The molecule has 0 spiro atoms. The maximum atomic E-state index is 6.04. The average molecular weight is 275 g/mol. The number of nitrogen functional groups attached to an aromatic ring is 1. The van der Waals surface area contributed by atoms with Gasteiger partial charge in [-0.3, -0.25) is 0 Å². The van der Waals surface area contributed by atoms with Crippen LogP contribution in [0.25, 0.3) is 11.0 Å². The molecule has 5 heteroatoms. The van der Waals surface area contributed by atoms with Gasteiger partial charge in [-0.2, -0.15) is 0 Å². The second-order valence-corrected chi connectivity index (χ2v) is 5.40. The highest BCUT2D eigenvalue weighted by molar-refractivity contribution is 5.82. The Morgan fingerprint density at radius 3 is 2.60 bits per heavy atom. The first-order valence-corrected chi connectivity index (χ1v) is 7.10. The van der Waals surface area contributed by atoms with Crippen LogP contribution in [0.15, 0.2) is 12.1 Å². The summed E-state index contributed by atoms with van der Waals surface area (Å²) in [6.07, 6.45) is 5.22. The lowest BCUT2D eigenvalue weighted by Crippen LogP contribution is -2.03. The lowest BCUT2D eigenvalue weighted by Gasteiger charge is -2.09. The van der Waals surface area contributed by atoms with Gasteiger partial charge in [-0.15, -0.1) is 0 Å². The number of nitrogens with two attached hydrogens (primary N) is 1. The van der Waals surface area contributed by atoms with Gasteiger partial charge in [-0.1, -0.05) is 12.8 Å². The smallest absolute Gasteiger partial charge is 0.201 e. The number of aryl methyl sites for hydroxylation is 1. The second-order valence-electron chi connectivity index (χ2n) is 5.40. The topological polar surface area (TPSA) is 62.3 Å². The Hall–Kier alpha value is -1.91. The van der Waals surface area contributed by atoms with E-state index in [9.17, 15) is 0 Å². The number of hydrogen-bond acceptors (Lipinski definition) is 4. The molecule has 0 atom stereocenters. The third-order valence-electron chi connectivity index (χ3n) is 3.97. The Bertz CT molecular complexity index is 617. The first-order chi connectivity index (χ1) is 9.72. The molecule has 0 bridgehead atoms. The number of anilines is 1. The van der Waals surface area contributed by atoms with E-state index >= 15 is 0 Å². The van der Waals surface area contributed by atoms with Gasteiger partial charge in [0.15, 0.2) is 11.5 Å². The van der Waals surface area contributed by atoms with Crippen molar-refractivity contribution in [3.63, 3.8) is 0 Å². The molecule has 1 aliphatic carbocycles. The Kier molecular flexibility index (Phi) is 3.42. The summed E-state index contributed by atoms with van der Waals surface area (Å²) in [5, 5.41) is 0. The van der Waals surface area contributed by atoms with Crippen LogP contribution < -0.4 is 15.2 Å². The van der Waals surface area contributed by atoms with Crippen molar-refractivity contribution in [2.24, 2.45) is 5.92 Å². The number of fused-ring (bicyclic) bond motifs is 1. The number of aromatic nitrogens is 2. The van der Waals surface area contributed by atoms with Crippen LogP contribution in [0.1, 0.15) is 25.7 Å². The predicted molar refractivity (Wildman–Crippen MR) is 79.2 cm³/mol. The molecule has 1 aromatic carbocycles. The highest BCUT2D eigenvalue weighted by atomic mass is 16.5. The summed E-state index contributed by atoms with van der Waals surface area (Å²) in [4.78, 5) is 4.42. The first kappa shape index (κ1) is 13.1. The quantitative estimate of drug-likeness (QED) is 0.880. The first-order valence-electron chi connectivity index (χ1n) is 7.10. The Morgan fingerprint density at radius 2 is 1.95 bits per heavy atom. The lowest BCUT2D eigenvalue weighted by atomic mass is 10.2. The van der Waals surface area contributed by atoms with Gasteiger partial charge in [0.05, 0.1) is 25.3 Å². The van der Waals surface area contributed by atoms with Crippen molar-refractivity contribution in [2.75, 3.05) is 20.0 Å². The summed E-state index contributed by atoms with van der Waals surface area (Å²) in [7, 11) is 3.26. The van der Waals surface area contributed by atoms with E-state index in [1.54, 1.807) is 14.2 Å². The number of benzene rings is 1. The van der Waals surface area contributed by atoms with Crippen LogP contribution in [0.5, 0.6) is 11.5 Å². The van der Waals surface area contributed by atoms with Gasteiger partial charge >= 0.3 is 0 Å². The Balaban J connectivity index is 1.91. The van der Waals surface area contributed by atoms with Crippen LogP contribution in [0.2, 0.25) is 0 Å². The van der Waals surface area contributed by atoms with Crippen molar-refractivity contribution in [2.45, 2.75) is 32.2 Å². The highest BCUT2D eigenvalue weighted by Crippen LogP contribution is 2.35. The second kappa shape index (κ2) is 5.23. The zero-order chi connectivity index (χ0) is 14.1. The van der Waals surface area contributed by atoms with Crippen LogP contribution in [0.3, 0.4) is 0 Å². The van der Waals surface area contributed by atoms with Crippen LogP contribution >= 0.6 is 0 Å². The van der Waals surface area contributed by atoms with Crippen molar-refractivity contribution < 1.29 is 9.47 Å². The molecule has 0 amide bonds. The molecule has 3 rings (SSSR count). The maximum Gasteiger partial charge on any atom is 0.201 e. The molecule has 2 N–H and O–H groups in total. The van der Waals surface area contributed by atoms with E-state index in [0.717, 1.165) is 29.9 Å². The normalized spacial score (nSPS) is 14.7. The minimum Gasteiger partial charge on any atom is -0.493 e. The number of ether oxygens (including phenoxy) is 2. The number of rotatable bonds is 6. The fourth-order valence-corrected chi connectivity index (χ4v) is 2.65. The summed E-state index contributed by atoms with van der Waals surface area (Å²) in [5.41, 5.74) is 7.90. The minimum absolute atomic E-state index is 0.561. The zero-order valence-electron chi connectivity index (χ0n) is 12.1. The molecule has 5 nitrogen and oxygen atoms in total. The average Bonchev–Trinajstić information content (AvgIpc) is 3.22. The molecule has 0 unspecified atom stereocenters. The molecule has 1 heterocycles. The van der Waals surface area contributed by atoms with Crippen molar-refractivity contribution in [1.29, 1.82) is 0 Å². The van der Waals surface area contributed by atoms with Gasteiger partial charge < -0.3 is 19.8 Å². The molecule has 2 aromatic rings. The van der Waals surface area contributed by atoms with Gasteiger partial charge in [0.25, 0.3) is 0 Å². The van der Waals surface area contributed by atoms with E-state index in [-0.39, 0.29) is 0 Å². The van der Waals surface area contributed by atoms with Gasteiger partial charge in [-0.05, 0) is 18.8 Å². The van der Waals surface area contributed by atoms with Crippen molar-refractivity contribution >= 4 is 17.0 Å². The molecule has 0 radical (unpaired) electrons. The summed E-state index contributed by atoms with van der Waals surface area (Å²) < 4.78 is 12.7. The molecule has 0 saturated heterocycles. The van der Waals surface area contributed by atoms with Crippen LogP contribution in [0, 0.1) is 5.92 Å². The highest BCUT2D eigenvalue weighted by Gasteiger charge is 2.21. The molecular formula is C15H21N3O2. The molecular weight excluding hydrogens is 254 g/mol. The van der Waals surface area contributed by atoms with Gasteiger partial charge in [0.1, 0.15) is 0 Å². The van der Waals surface area contributed by atoms with Gasteiger partial charge in [0.2, 0.25) is 5.95 Å². The van der Waals surface area contributed by atoms with Crippen LogP contribution in [-0.4, -0.2) is 23.8 Å². The van der Waals surface area contributed by atoms with E-state index in [1.165, 1.54) is 19.3 Å². The molecule has 20 heavy (non-hydrogen) atoms. The third kappa shape index (κ3) is 2.40. The van der Waals surface area contributed by atoms with Crippen molar-refractivity contribution in [3.8, 4) is 11.5 Å². The SMILES string of the molecule is COc1cc2nc(N)n(CCCC3CC3)c2cc1OC. The van der Waals surface area contributed by atoms with E-state index in [2.05, 4.69) is 9.55 Å². The summed E-state index contributed by atoms with van der Waals surface area (Å²) in [5.74, 6) is 2.90. The van der Waals surface area contributed by atoms with Gasteiger partial charge in [0, 0.05) is 18.7 Å². The van der Waals surface area contributed by atoms with Crippen LogP contribution in [-0.2, 0) is 6.54 Å². The van der Waals surface area contributed by atoms with Crippen molar-refractivity contribution in [3.05, 3.63) is 12.1 Å².